The molecule has 15 heavy (non-hydrogen) atoms. The zero-order valence-electron chi connectivity index (χ0n) is 10.3. The van der Waals surface area contributed by atoms with Gasteiger partial charge in [-0.3, -0.25) is 0 Å². The van der Waals surface area contributed by atoms with Crippen LogP contribution in [0.25, 0.3) is 0 Å². The van der Waals surface area contributed by atoms with Crippen LogP contribution in [0.15, 0.2) is 0 Å². The third-order valence-electron chi connectivity index (χ3n) is 3.50. The first-order valence-corrected chi connectivity index (χ1v) is 6.12. The third-order valence-corrected chi connectivity index (χ3v) is 3.50. The van der Waals surface area contributed by atoms with E-state index in [9.17, 15) is 4.79 Å². The van der Waals surface area contributed by atoms with Crippen LogP contribution < -0.4 is 5.32 Å². The van der Waals surface area contributed by atoms with E-state index >= 15 is 0 Å². The molecule has 0 aromatic rings. The van der Waals surface area contributed by atoms with Crippen molar-refractivity contribution in [1.29, 1.82) is 0 Å². The van der Waals surface area contributed by atoms with Crippen molar-refractivity contribution in [3.8, 4) is 0 Å². The van der Waals surface area contributed by atoms with Crippen molar-refractivity contribution in [2.45, 2.75) is 39.5 Å². The zero-order valence-corrected chi connectivity index (χ0v) is 10.3. The first-order valence-electron chi connectivity index (χ1n) is 6.12. The van der Waals surface area contributed by atoms with Crippen LogP contribution in [0, 0.1) is 11.8 Å². The number of rotatable bonds is 3. The summed E-state index contributed by atoms with van der Waals surface area (Å²) in [5.74, 6) is 1.59. The maximum absolute atomic E-state index is 11.5. The molecule has 1 N–H and O–H groups in total. The first-order chi connectivity index (χ1) is 7.13. The molecule has 1 aliphatic rings. The smallest absolute Gasteiger partial charge is 0.317 e. The molecular weight excluding hydrogens is 188 g/mol. The lowest BCUT2D eigenvalue weighted by atomic mass is 9.83. The Morgan fingerprint density at radius 1 is 1.33 bits per heavy atom. The third kappa shape index (κ3) is 4.10. The average molecular weight is 212 g/mol. The van der Waals surface area contributed by atoms with Crippen molar-refractivity contribution in [3.05, 3.63) is 0 Å². The molecule has 0 saturated heterocycles. The van der Waals surface area contributed by atoms with Crippen LogP contribution in [-0.4, -0.2) is 31.1 Å². The Hall–Kier alpha value is -0.730. The van der Waals surface area contributed by atoms with Gasteiger partial charge in [-0.25, -0.2) is 4.79 Å². The van der Waals surface area contributed by atoms with E-state index in [4.69, 9.17) is 0 Å². The monoisotopic (exact) mass is 212 g/mol. The fourth-order valence-electron chi connectivity index (χ4n) is 2.04. The van der Waals surface area contributed by atoms with Gasteiger partial charge in [0.15, 0.2) is 0 Å². The lowest BCUT2D eigenvalue weighted by Gasteiger charge is -2.27. The lowest BCUT2D eigenvalue weighted by molar-refractivity contribution is 0.204. The number of hydrogen-bond donors (Lipinski definition) is 1. The quantitative estimate of drug-likeness (QED) is 0.766. The van der Waals surface area contributed by atoms with Crippen molar-refractivity contribution in [1.82, 2.24) is 10.2 Å². The SMILES string of the molecule is CCN(C)C(=O)NCC1CCC(C)CC1. The Kier molecular flexibility index (Phi) is 4.92. The van der Waals surface area contributed by atoms with Crippen LogP contribution in [0.3, 0.4) is 0 Å². The Morgan fingerprint density at radius 2 is 1.93 bits per heavy atom. The number of hydrogen-bond acceptors (Lipinski definition) is 1. The van der Waals surface area contributed by atoms with Crippen LogP contribution in [0.4, 0.5) is 4.79 Å². The number of carbonyl (C=O) groups excluding carboxylic acids is 1. The summed E-state index contributed by atoms with van der Waals surface area (Å²) in [6.07, 6.45) is 5.20. The van der Waals surface area contributed by atoms with Crippen molar-refractivity contribution in [3.63, 3.8) is 0 Å². The summed E-state index contributed by atoms with van der Waals surface area (Å²) in [4.78, 5) is 13.2. The molecule has 0 bridgehead atoms. The van der Waals surface area contributed by atoms with Crippen LogP contribution in [-0.2, 0) is 0 Å². The molecule has 1 rings (SSSR count). The van der Waals surface area contributed by atoms with E-state index in [1.807, 2.05) is 14.0 Å². The predicted molar refractivity (Wildman–Crippen MR) is 62.8 cm³/mol. The molecule has 2 amide bonds. The molecule has 3 heteroatoms. The summed E-state index contributed by atoms with van der Waals surface area (Å²) in [6.45, 7) is 5.94. The second-order valence-corrected chi connectivity index (χ2v) is 4.83. The molecular formula is C12H24N2O. The average Bonchev–Trinajstić information content (AvgIpc) is 2.26. The van der Waals surface area contributed by atoms with E-state index in [-0.39, 0.29) is 6.03 Å². The Labute approximate surface area is 93.2 Å². The van der Waals surface area contributed by atoms with Crippen molar-refractivity contribution in [2.75, 3.05) is 20.1 Å². The van der Waals surface area contributed by atoms with E-state index in [0.717, 1.165) is 19.0 Å². The van der Waals surface area contributed by atoms with Gasteiger partial charge in [0, 0.05) is 20.1 Å². The van der Waals surface area contributed by atoms with E-state index in [0.29, 0.717) is 5.92 Å². The minimum absolute atomic E-state index is 0.0659. The van der Waals surface area contributed by atoms with E-state index in [1.54, 1.807) is 4.90 Å². The molecule has 0 aromatic carbocycles. The molecule has 0 unspecified atom stereocenters. The largest absolute Gasteiger partial charge is 0.338 e. The van der Waals surface area contributed by atoms with Gasteiger partial charge in [0.2, 0.25) is 0 Å². The standard InChI is InChI=1S/C12H24N2O/c1-4-14(3)12(15)13-9-11-7-5-10(2)6-8-11/h10-11H,4-9H2,1-3H3,(H,13,15). The van der Waals surface area contributed by atoms with Gasteiger partial charge in [0.1, 0.15) is 0 Å². The van der Waals surface area contributed by atoms with Crippen molar-refractivity contribution < 1.29 is 4.79 Å². The summed E-state index contributed by atoms with van der Waals surface area (Å²) in [7, 11) is 1.83. The van der Waals surface area contributed by atoms with Gasteiger partial charge in [-0.15, -0.1) is 0 Å². The van der Waals surface area contributed by atoms with Crippen LogP contribution in [0.2, 0.25) is 0 Å². The molecule has 0 spiro atoms. The number of nitrogens with zero attached hydrogens (tertiary/aromatic N) is 1. The van der Waals surface area contributed by atoms with Gasteiger partial charge in [0.25, 0.3) is 0 Å². The fourth-order valence-corrected chi connectivity index (χ4v) is 2.04. The lowest BCUT2D eigenvalue weighted by Crippen LogP contribution is -2.39. The van der Waals surface area contributed by atoms with Crippen molar-refractivity contribution >= 4 is 6.03 Å². The summed E-state index contributed by atoms with van der Waals surface area (Å²) < 4.78 is 0. The topological polar surface area (TPSA) is 32.3 Å². The minimum Gasteiger partial charge on any atom is -0.338 e. The number of amides is 2. The minimum atomic E-state index is 0.0659. The second kappa shape index (κ2) is 5.99. The van der Waals surface area contributed by atoms with Gasteiger partial charge in [0.05, 0.1) is 0 Å². The highest BCUT2D eigenvalue weighted by Gasteiger charge is 2.18. The zero-order chi connectivity index (χ0) is 11.3. The van der Waals surface area contributed by atoms with Crippen molar-refractivity contribution in [2.24, 2.45) is 11.8 Å². The highest BCUT2D eigenvalue weighted by molar-refractivity contribution is 5.73. The molecule has 1 fully saturated rings. The Bertz CT molecular complexity index is 198. The molecule has 0 aliphatic heterocycles. The van der Waals surface area contributed by atoms with Gasteiger partial charge in [-0.2, -0.15) is 0 Å². The van der Waals surface area contributed by atoms with Gasteiger partial charge >= 0.3 is 6.03 Å². The van der Waals surface area contributed by atoms with E-state index in [1.165, 1.54) is 25.7 Å². The van der Waals surface area contributed by atoms with Gasteiger partial charge < -0.3 is 10.2 Å². The predicted octanol–water partition coefficient (Wildman–Crippen LogP) is 2.47. The molecule has 0 heterocycles. The fraction of sp³-hybridized carbons (Fsp3) is 0.917. The second-order valence-electron chi connectivity index (χ2n) is 4.83. The summed E-state index contributed by atoms with van der Waals surface area (Å²) >= 11 is 0. The van der Waals surface area contributed by atoms with E-state index < -0.39 is 0 Å². The summed E-state index contributed by atoms with van der Waals surface area (Å²) in [5, 5.41) is 3.00. The molecule has 0 radical (unpaired) electrons. The summed E-state index contributed by atoms with van der Waals surface area (Å²) in [6, 6.07) is 0.0659. The summed E-state index contributed by atoms with van der Waals surface area (Å²) in [5.41, 5.74) is 0. The maximum atomic E-state index is 11.5. The van der Waals surface area contributed by atoms with Gasteiger partial charge in [-0.1, -0.05) is 19.8 Å². The number of urea groups is 1. The van der Waals surface area contributed by atoms with E-state index in [2.05, 4.69) is 12.2 Å². The van der Waals surface area contributed by atoms with Crippen LogP contribution in [0.5, 0.6) is 0 Å². The maximum Gasteiger partial charge on any atom is 0.317 e. The molecule has 3 nitrogen and oxygen atoms in total. The van der Waals surface area contributed by atoms with Gasteiger partial charge in [-0.05, 0) is 31.6 Å². The molecule has 1 aliphatic carbocycles. The molecule has 1 saturated carbocycles. The van der Waals surface area contributed by atoms with Crippen LogP contribution in [0.1, 0.15) is 39.5 Å². The number of carbonyl (C=O) groups is 1. The molecule has 88 valence electrons. The molecule has 0 aromatic heterocycles. The van der Waals surface area contributed by atoms with Crippen LogP contribution >= 0.6 is 0 Å². The molecule has 0 atom stereocenters. The Balaban J connectivity index is 2.17. The highest BCUT2D eigenvalue weighted by Crippen LogP contribution is 2.27. The Morgan fingerprint density at radius 3 is 2.47 bits per heavy atom. The number of nitrogens with one attached hydrogen (secondary N) is 1. The first kappa shape index (κ1) is 12.3. The normalized spacial score (nSPS) is 26.1. The highest BCUT2D eigenvalue weighted by atomic mass is 16.2.